The summed E-state index contributed by atoms with van der Waals surface area (Å²) in [5, 5.41) is 0. The van der Waals surface area contributed by atoms with E-state index >= 15 is 0 Å². The first kappa shape index (κ1) is 11.2. The lowest BCUT2D eigenvalue weighted by molar-refractivity contribution is -0.279. The summed E-state index contributed by atoms with van der Waals surface area (Å²) in [5.41, 5.74) is 1.39. The molecule has 0 amide bonds. The Morgan fingerprint density at radius 1 is 1.21 bits per heavy atom. The minimum Gasteiger partial charge on any atom is -0.240 e. The van der Waals surface area contributed by atoms with Crippen LogP contribution in [0.25, 0.3) is 0 Å². The Morgan fingerprint density at radius 3 is 2.57 bits per heavy atom. The standard InChI is InChI=1S/C12H18O2/c1-11(10-14-13-2)8-9-12-6-4-3-5-7-12/h3-7,11H,8-10H2,1-2H3. The third-order valence-corrected chi connectivity index (χ3v) is 2.24. The van der Waals surface area contributed by atoms with Crippen molar-refractivity contribution in [2.45, 2.75) is 19.8 Å². The lowest BCUT2D eigenvalue weighted by Gasteiger charge is -2.09. The highest BCUT2D eigenvalue weighted by molar-refractivity contribution is 5.14. The largest absolute Gasteiger partial charge is 0.240 e. The van der Waals surface area contributed by atoms with E-state index in [9.17, 15) is 0 Å². The Morgan fingerprint density at radius 2 is 1.93 bits per heavy atom. The fourth-order valence-corrected chi connectivity index (χ4v) is 1.33. The van der Waals surface area contributed by atoms with Gasteiger partial charge < -0.3 is 0 Å². The van der Waals surface area contributed by atoms with Gasteiger partial charge in [0.15, 0.2) is 0 Å². The highest BCUT2D eigenvalue weighted by Crippen LogP contribution is 2.09. The molecule has 1 aromatic carbocycles. The van der Waals surface area contributed by atoms with E-state index in [1.807, 2.05) is 6.07 Å². The second kappa shape index (κ2) is 6.57. The van der Waals surface area contributed by atoms with E-state index in [0.29, 0.717) is 12.5 Å². The van der Waals surface area contributed by atoms with Crippen LogP contribution in [0.1, 0.15) is 18.9 Å². The first-order valence-corrected chi connectivity index (χ1v) is 5.02. The maximum atomic E-state index is 4.88. The van der Waals surface area contributed by atoms with E-state index < -0.39 is 0 Å². The molecule has 1 atom stereocenters. The monoisotopic (exact) mass is 194 g/mol. The minimum absolute atomic E-state index is 0.537. The van der Waals surface area contributed by atoms with Crippen molar-refractivity contribution < 1.29 is 9.78 Å². The lowest BCUT2D eigenvalue weighted by atomic mass is 10.0. The molecule has 0 saturated carbocycles. The predicted molar refractivity (Wildman–Crippen MR) is 56.9 cm³/mol. The van der Waals surface area contributed by atoms with Gasteiger partial charge in [-0.25, -0.2) is 9.78 Å². The first-order valence-electron chi connectivity index (χ1n) is 5.02. The van der Waals surface area contributed by atoms with Crippen LogP contribution in [0.2, 0.25) is 0 Å². The molecule has 0 heterocycles. The fraction of sp³-hybridized carbons (Fsp3) is 0.500. The highest BCUT2D eigenvalue weighted by Gasteiger charge is 2.02. The van der Waals surface area contributed by atoms with E-state index in [4.69, 9.17) is 4.89 Å². The Bertz CT molecular complexity index is 233. The van der Waals surface area contributed by atoms with Gasteiger partial charge in [0, 0.05) is 0 Å². The zero-order valence-corrected chi connectivity index (χ0v) is 8.90. The van der Waals surface area contributed by atoms with Crippen LogP contribution in [0.5, 0.6) is 0 Å². The SMILES string of the molecule is COOCC(C)CCc1ccccc1. The van der Waals surface area contributed by atoms with Crippen molar-refractivity contribution in [2.75, 3.05) is 13.7 Å². The van der Waals surface area contributed by atoms with Gasteiger partial charge in [-0.3, -0.25) is 0 Å². The molecule has 1 rings (SSSR count). The molecule has 0 aliphatic carbocycles. The van der Waals surface area contributed by atoms with E-state index in [1.165, 1.54) is 5.56 Å². The van der Waals surface area contributed by atoms with E-state index in [-0.39, 0.29) is 0 Å². The van der Waals surface area contributed by atoms with E-state index in [0.717, 1.165) is 12.8 Å². The normalized spacial score (nSPS) is 12.7. The molecule has 0 saturated heterocycles. The topological polar surface area (TPSA) is 18.5 Å². The number of benzene rings is 1. The summed E-state index contributed by atoms with van der Waals surface area (Å²) in [6.45, 7) is 2.84. The lowest BCUT2D eigenvalue weighted by Crippen LogP contribution is -2.06. The molecular weight excluding hydrogens is 176 g/mol. The summed E-state index contributed by atoms with van der Waals surface area (Å²) in [7, 11) is 1.55. The molecule has 2 nitrogen and oxygen atoms in total. The number of aryl methyl sites for hydroxylation is 1. The number of rotatable bonds is 6. The van der Waals surface area contributed by atoms with E-state index in [1.54, 1.807) is 7.11 Å². The summed E-state index contributed by atoms with van der Waals surface area (Å²) in [6, 6.07) is 10.5. The molecule has 0 aliphatic heterocycles. The summed E-state index contributed by atoms with van der Waals surface area (Å²) >= 11 is 0. The van der Waals surface area contributed by atoms with Crippen molar-refractivity contribution in [1.29, 1.82) is 0 Å². The van der Waals surface area contributed by atoms with Gasteiger partial charge in [0.2, 0.25) is 0 Å². The van der Waals surface area contributed by atoms with Crippen LogP contribution < -0.4 is 0 Å². The molecule has 1 aromatic rings. The second-order valence-corrected chi connectivity index (χ2v) is 3.58. The molecule has 2 heteroatoms. The summed E-state index contributed by atoms with van der Waals surface area (Å²) in [4.78, 5) is 9.45. The number of hydrogen-bond acceptors (Lipinski definition) is 2. The average Bonchev–Trinajstić information content (AvgIpc) is 2.25. The molecule has 0 radical (unpaired) electrons. The van der Waals surface area contributed by atoms with Crippen molar-refractivity contribution >= 4 is 0 Å². The van der Waals surface area contributed by atoms with E-state index in [2.05, 4.69) is 36.1 Å². The van der Waals surface area contributed by atoms with Crippen LogP contribution in [-0.4, -0.2) is 13.7 Å². The van der Waals surface area contributed by atoms with Gasteiger partial charge in [-0.15, -0.1) is 0 Å². The summed E-state index contributed by atoms with van der Waals surface area (Å²) in [5.74, 6) is 0.537. The molecule has 14 heavy (non-hydrogen) atoms. The van der Waals surface area contributed by atoms with Crippen molar-refractivity contribution in [1.82, 2.24) is 0 Å². The number of hydrogen-bond donors (Lipinski definition) is 0. The predicted octanol–water partition coefficient (Wildman–Crippen LogP) is 2.83. The Balaban J connectivity index is 2.20. The molecule has 78 valence electrons. The van der Waals surface area contributed by atoms with Gasteiger partial charge in [0.25, 0.3) is 0 Å². The molecule has 0 N–H and O–H groups in total. The van der Waals surface area contributed by atoms with Gasteiger partial charge in [0.05, 0.1) is 13.7 Å². The molecule has 0 bridgehead atoms. The fourth-order valence-electron chi connectivity index (χ4n) is 1.33. The van der Waals surface area contributed by atoms with Gasteiger partial charge >= 0.3 is 0 Å². The maximum Gasteiger partial charge on any atom is 0.0847 e. The zero-order chi connectivity index (χ0) is 10.2. The molecule has 0 spiro atoms. The third kappa shape index (κ3) is 4.40. The zero-order valence-electron chi connectivity index (χ0n) is 8.90. The third-order valence-electron chi connectivity index (χ3n) is 2.24. The summed E-state index contributed by atoms with van der Waals surface area (Å²) < 4.78 is 0. The minimum atomic E-state index is 0.537. The Kier molecular flexibility index (Phi) is 5.27. The van der Waals surface area contributed by atoms with Crippen molar-refractivity contribution in [3.8, 4) is 0 Å². The Hall–Kier alpha value is -0.860. The molecule has 0 fully saturated rings. The van der Waals surface area contributed by atoms with Crippen LogP contribution >= 0.6 is 0 Å². The highest BCUT2D eigenvalue weighted by atomic mass is 17.2. The van der Waals surface area contributed by atoms with Crippen LogP contribution in [0.15, 0.2) is 30.3 Å². The van der Waals surface area contributed by atoms with Gasteiger partial charge in [-0.2, -0.15) is 0 Å². The summed E-state index contributed by atoms with van der Waals surface area (Å²) in [6.07, 6.45) is 2.24. The van der Waals surface area contributed by atoms with Gasteiger partial charge in [-0.1, -0.05) is 37.3 Å². The van der Waals surface area contributed by atoms with Crippen LogP contribution in [-0.2, 0) is 16.2 Å². The average molecular weight is 194 g/mol. The van der Waals surface area contributed by atoms with Crippen LogP contribution in [0.3, 0.4) is 0 Å². The van der Waals surface area contributed by atoms with Crippen LogP contribution in [0, 0.1) is 5.92 Å². The van der Waals surface area contributed by atoms with Gasteiger partial charge in [0.1, 0.15) is 0 Å². The van der Waals surface area contributed by atoms with Gasteiger partial charge in [-0.05, 0) is 24.3 Å². The second-order valence-electron chi connectivity index (χ2n) is 3.58. The molecule has 0 aromatic heterocycles. The van der Waals surface area contributed by atoms with Crippen LogP contribution in [0.4, 0.5) is 0 Å². The van der Waals surface area contributed by atoms with Crippen molar-refractivity contribution in [3.63, 3.8) is 0 Å². The molecule has 0 aliphatic rings. The van der Waals surface area contributed by atoms with Crippen molar-refractivity contribution in [2.24, 2.45) is 5.92 Å². The smallest absolute Gasteiger partial charge is 0.0847 e. The molecular formula is C12H18O2. The quantitative estimate of drug-likeness (QED) is 0.512. The van der Waals surface area contributed by atoms with Crippen molar-refractivity contribution in [3.05, 3.63) is 35.9 Å². The maximum absolute atomic E-state index is 4.88. The Labute approximate surface area is 85.8 Å². The first-order chi connectivity index (χ1) is 6.83. The molecule has 1 unspecified atom stereocenters.